The summed E-state index contributed by atoms with van der Waals surface area (Å²) in [6.45, 7) is 1.93. The third kappa shape index (κ3) is 2.78. The highest BCUT2D eigenvalue weighted by atomic mass is 35.5. The molecule has 0 bridgehead atoms. The smallest absolute Gasteiger partial charge is 0.172 e. The van der Waals surface area contributed by atoms with E-state index in [-0.39, 0.29) is 12.4 Å². The van der Waals surface area contributed by atoms with Gasteiger partial charge in [0.15, 0.2) is 11.6 Å². The first-order chi connectivity index (χ1) is 9.28. The summed E-state index contributed by atoms with van der Waals surface area (Å²) in [5.41, 5.74) is 7.82. The summed E-state index contributed by atoms with van der Waals surface area (Å²) < 4.78 is 0. The van der Waals surface area contributed by atoms with Crippen molar-refractivity contribution in [2.75, 3.05) is 30.8 Å². The lowest BCUT2D eigenvalue weighted by atomic mass is 10.1. The molecule has 5 nitrogen and oxygen atoms in total. The Morgan fingerprint density at radius 3 is 2.65 bits per heavy atom. The largest absolute Gasteiger partial charge is 0.381 e. The van der Waals surface area contributed by atoms with E-state index in [9.17, 15) is 0 Å². The molecule has 1 fully saturated rings. The van der Waals surface area contributed by atoms with Crippen molar-refractivity contribution in [3.05, 3.63) is 24.3 Å². The lowest BCUT2D eigenvalue weighted by Crippen LogP contribution is -2.45. The van der Waals surface area contributed by atoms with Crippen LogP contribution in [0.5, 0.6) is 0 Å². The predicted octanol–water partition coefficient (Wildman–Crippen LogP) is 1.82. The first kappa shape index (κ1) is 14.8. The van der Waals surface area contributed by atoms with E-state index in [2.05, 4.69) is 20.2 Å². The van der Waals surface area contributed by atoms with E-state index < -0.39 is 0 Å². The highest BCUT2D eigenvalue weighted by molar-refractivity contribution is 5.85. The monoisotopic (exact) mass is 293 g/mol. The maximum absolute atomic E-state index is 6.07. The zero-order chi connectivity index (χ0) is 13.2. The van der Waals surface area contributed by atoms with Crippen LogP contribution in [0.1, 0.15) is 12.8 Å². The number of piperidine rings is 1. The Labute approximate surface area is 125 Å². The molecule has 3 N–H and O–H groups in total. The first-order valence-electron chi connectivity index (χ1n) is 6.72. The molecule has 1 aliphatic heterocycles. The number of fused-ring (bicyclic) bond motifs is 1. The van der Waals surface area contributed by atoms with Gasteiger partial charge in [0.2, 0.25) is 0 Å². The van der Waals surface area contributed by atoms with Gasteiger partial charge in [-0.2, -0.15) is 0 Å². The minimum absolute atomic E-state index is 0. The number of likely N-dealkylation sites (N-methyl/N-ethyl adjacent to an activating group) is 1. The van der Waals surface area contributed by atoms with Crippen molar-refractivity contribution in [1.82, 2.24) is 15.3 Å². The number of nitrogens with two attached hydrogens (primary N) is 1. The molecule has 2 heterocycles. The van der Waals surface area contributed by atoms with Crippen LogP contribution in [-0.4, -0.2) is 36.1 Å². The van der Waals surface area contributed by atoms with Gasteiger partial charge >= 0.3 is 0 Å². The average Bonchev–Trinajstić information content (AvgIpc) is 2.46. The fraction of sp³-hybridized carbons (Fsp3) is 0.429. The molecule has 0 amide bonds. The van der Waals surface area contributed by atoms with Crippen LogP contribution in [0.25, 0.3) is 11.0 Å². The Bertz CT molecular complexity index is 589. The van der Waals surface area contributed by atoms with Crippen molar-refractivity contribution in [3.8, 4) is 0 Å². The molecule has 0 spiro atoms. The van der Waals surface area contributed by atoms with Crippen molar-refractivity contribution in [3.63, 3.8) is 0 Å². The number of nitrogens with zero attached hydrogens (tertiary/aromatic N) is 3. The minimum Gasteiger partial charge on any atom is -0.381 e. The molecular formula is C14H20ClN5. The van der Waals surface area contributed by atoms with Gasteiger partial charge in [0.25, 0.3) is 0 Å². The summed E-state index contributed by atoms with van der Waals surface area (Å²) in [6, 6.07) is 8.35. The number of hydrogen-bond acceptors (Lipinski definition) is 5. The molecule has 1 atom stereocenters. The molecular weight excluding hydrogens is 274 g/mol. The SMILES string of the molecule is CNC1CCCN(c2nc3ccccc3nc2N)C1.Cl. The molecule has 108 valence electrons. The molecule has 0 saturated carbocycles. The van der Waals surface area contributed by atoms with Gasteiger partial charge in [0.05, 0.1) is 11.0 Å². The van der Waals surface area contributed by atoms with Crippen LogP contribution >= 0.6 is 12.4 Å². The number of halogens is 1. The number of anilines is 2. The topological polar surface area (TPSA) is 67.1 Å². The average molecular weight is 294 g/mol. The van der Waals surface area contributed by atoms with Crippen LogP contribution < -0.4 is 16.0 Å². The molecule has 1 saturated heterocycles. The molecule has 1 aliphatic rings. The van der Waals surface area contributed by atoms with Crippen LogP contribution in [0.4, 0.5) is 11.6 Å². The quantitative estimate of drug-likeness (QED) is 0.884. The van der Waals surface area contributed by atoms with Crippen LogP contribution in [0.3, 0.4) is 0 Å². The van der Waals surface area contributed by atoms with Crippen LogP contribution in [0.2, 0.25) is 0 Å². The predicted molar refractivity (Wildman–Crippen MR) is 85.5 cm³/mol. The highest BCUT2D eigenvalue weighted by Gasteiger charge is 2.22. The number of aromatic nitrogens is 2. The number of hydrogen-bond donors (Lipinski definition) is 2. The maximum atomic E-state index is 6.07. The van der Waals surface area contributed by atoms with Crippen molar-refractivity contribution < 1.29 is 0 Å². The Morgan fingerprint density at radius 1 is 1.25 bits per heavy atom. The second-order valence-electron chi connectivity index (χ2n) is 5.00. The van der Waals surface area contributed by atoms with E-state index in [1.807, 2.05) is 31.3 Å². The molecule has 1 unspecified atom stereocenters. The summed E-state index contributed by atoms with van der Waals surface area (Å²) in [5.74, 6) is 1.34. The van der Waals surface area contributed by atoms with Gasteiger partial charge in [-0.1, -0.05) is 12.1 Å². The second kappa shape index (κ2) is 6.24. The van der Waals surface area contributed by atoms with Gasteiger partial charge in [-0.15, -0.1) is 12.4 Å². The summed E-state index contributed by atoms with van der Waals surface area (Å²) >= 11 is 0. The molecule has 3 rings (SSSR count). The third-order valence-electron chi connectivity index (χ3n) is 3.71. The van der Waals surface area contributed by atoms with E-state index in [4.69, 9.17) is 5.73 Å². The number of benzene rings is 1. The van der Waals surface area contributed by atoms with E-state index in [0.29, 0.717) is 11.9 Å². The van der Waals surface area contributed by atoms with Crippen molar-refractivity contribution in [2.45, 2.75) is 18.9 Å². The second-order valence-corrected chi connectivity index (χ2v) is 5.00. The molecule has 0 radical (unpaired) electrons. The number of nitrogens with one attached hydrogen (secondary N) is 1. The Balaban J connectivity index is 0.00000147. The fourth-order valence-electron chi connectivity index (χ4n) is 2.64. The summed E-state index contributed by atoms with van der Waals surface area (Å²) in [7, 11) is 2.00. The molecule has 2 aromatic rings. The van der Waals surface area contributed by atoms with Gasteiger partial charge in [0.1, 0.15) is 0 Å². The van der Waals surface area contributed by atoms with Gasteiger partial charge < -0.3 is 16.0 Å². The lowest BCUT2D eigenvalue weighted by Gasteiger charge is -2.33. The lowest BCUT2D eigenvalue weighted by molar-refractivity contribution is 0.448. The Morgan fingerprint density at radius 2 is 1.95 bits per heavy atom. The number of nitrogen functional groups attached to an aromatic ring is 1. The van der Waals surface area contributed by atoms with Gasteiger partial charge in [-0.3, -0.25) is 0 Å². The summed E-state index contributed by atoms with van der Waals surface area (Å²) in [4.78, 5) is 11.4. The third-order valence-corrected chi connectivity index (χ3v) is 3.71. The Hall–Kier alpha value is -1.59. The van der Waals surface area contributed by atoms with E-state index >= 15 is 0 Å². The molecule has 20 heavy (non-hydrogen) atoms. The molecule has 1 aromatic heterocycles. The van der Waals surface area contributed by atoms with Gasteiger partial charge in [0, 0.05) is 19.1 Å². The van der Waals surface area contributed by atoms with Crippen LogP contribution in [0.15, 0.2) is 24.3 Å². The van der Waals surface area contributed by atoms with Crippen molar-refractivity contribution in [1.29, 1.82) is 0 Å². The molecule has 6 heteroatoms. The van der Waals surface area contributed by atoms with E-state index in [0.717, 1.165) is 36.4 Å². The zero-order valence-corrected chi connectivity index (χ0v) is 12.4. The number of para-hydroxylation sites is 2. The van der Waals surface area contributed by atoms with Crippen LogP contribution in [-0.2, 0) is 0 Å². The van der Waals surface area contributed by atoms with Gasteiger partial charge in [-0.25, -0.2) is 9.97 Å². The summed E-state index contributed by atoms with van der Waals surface area (Å²) in [6.07, 6.45) is 2.35. The summed E-state index contributed by atoms with van der Waals surface area (Å²) in [5, 5.41) is 3.33. The van der Waals surface area contributed by atoms with Crippen molar-refractivity contribution >= 4 is 35.1 Å². The number of rotatable bonds is 2. The molecule has 0 aliphatic carbocycles. The maximum Gasteiger partial charge on any atom is 0.172 e. The first-order valence-corrected chi connectivity index (χ1v) is 6.72. The van der Waals surface area contributed by atoms with Gasteiger partial charge in [-0.05, 0) is 32.0 Å². The Kier molecular flexibility index (Phi) is 4.62. The molecule has 1 aromatic carbocycles. The zero-order valence-electron chi connectivity index (χ0n) is 11.5. The normalized spacial score (nSPS) is 18.9. The van der Waals surface area contributed by atoms with E-state index in [1.165, 1.54) is 6.42 Å². The minimum atomic E-state index is 0. The standard InChI is InChI=1S/C14H19N5.ClH/c1-16-10-5-4-8-19(9-10)14-13(15)17-11-6-2-3-7-12(11)18-14;/h2-3,6-7,10,16H,4-5,8-9H2,1H3,(H2,15,17);1H. The van der Waals surface area contributed by atoms with E-state index in [1.54, 1.807) is 0 Å². The highest BCUT2D eigenvalue weighted by Crippen LogP contribution is 2.25. The van der Waals surface area contributed by atoms with Crippen LogP contribution in [0, 0.1) is 0 Å². The van der Waals surface area contributed by atoms with Crippen molar-refractivity contribution in [2.24, 2.45) is 0 Å². The fourth-order valence-corrected chi connectivity index (χ4v) is 2.64.